The van der Waals surface area contributed by atoms with Crippen LogP contribution < -0.4 is 14.8 Å². The highest BCUT2D eigenvalue weighted by Gasteiger charge is 2.31. The van der Waals surface area contributed by atoms with E-state index in [1.807, 2.05) is 0 Å². The van der Waals surface area contributed by atoms with Crippen molar-refractivity contribution in [1.29, 1.82) is 0 Å². The van der Waals surface area contributed by atoms with E-state index in [9.17, 15) is 18.0 Å². The molecule has 35 heavy (non-hydrogen) atoms. The summed E-state index contributed by atoms with van der Waals surface area (Å²) in [5, 5.41) is 2.89. The van der Waals surface area contributed by atoms with Gasteiger partial charge in [-0.15, -0.1) is 0 Å². The molecule has 1 N–H and O–H groups in total. The molecule has 0 radical (unpaired) electrons. The molecule has 0 bridgehead atoms. The van der Waals surface area contributed by atoms with Crippen LogP contribution in [0.15, 0.2) is 71.4 Å². The van der Waals surface area contributed by atoms with Crippen molar-refractivity contribution < 1.29 is 31.9 Å². The molecule has 0 aliphatic heterocycles. The molecule has 10 heteroatoms. The molecule has 0 aliphatic carbocycles. The van der Waals surface area contributed by atoms with Crippen molar-refractivity contribution in [2.75, 3.05) is 14.2 Å². The maximum absolute atomic E-state index is 13.1. The lowest BCUT2D eigenvalue weighted by molar-refractivity contribution is -0.137. The number of imidazole rings is 1. The molecule has 182 valence electrons. The topological polar surface area (TPSA) is 78.5 Å². The number of hydrogen-bond acceptors (Lipinski definition) is 5. The van der Waals surface area contributed by atoms with Crippen LogP contribution in [0.3, 0.4) is 0 Å². The van der Waals surface area contributed by atoms with E-state index in [1.165, 1.54) is 38.5 Å². The third-order valence-corrected chi connectivity index (χ3v) is 5.40. The van der Waals surface area contributed by atoms with Gasteiger partial charge in [0.25, 0.3) is 5.91 Å². The van der Waals surface area contributed by atoms with Crippen molar-refractivity contribution in [2.45, 2.75) is 12.2 Å². The number of rotatable bonds is 7. The highest BCUT2D eigenvalue weighted by Crippen LogP contribution is 2.33. The van der Waals surface area contributed by atoms with Gasteiger partial charge in [0.2, 0.25) is 0 Å². The van der Waals surface area contributed by atoms with Crippen LogP contribution in [0.4, 0.5) is 13.2 Å². The maximum atomic E-state index is 13.1. The third-order valence-electron chi connectivity index (χ3n) is 5.40. The zero-order valence-electron chi connectivity index (χ0n) is 19.1. The Morgan fingerprint density at radius 3 is 2.37 bits per heavy atom. The largest absolute Gasteiger partial charge is 0.497 e. The van der Waals surface area contributed by atoms with Crippen LogP contribution in [-0.2, 0) is 13.2 Å². The minimum absolute atomic E-state index is 0.0634. The number of carbonyl (C=O) groups excluding carboxylic acids is 1. The molecule has 2 aromatic heterocycles. The molecule has 0 saturated heterocycles. The van der Waals surface area contributed by atoms with E-state index in [-0.39, 0.29) is 17.1 Å². The Morgan fingerprint density at radius 1 is 1.06 bits per heavy atom. The standard InChI is InChI=1S/C25H22F3N3O4/c1-31-10-9-29-23(31)22(16-12-18(33-2)14-19(13-16)34-3)30-24(32)21-8-7-20(35-21)15-5-4-6-17(11-15)25(26,27)28/h4-14,22H,1-3H3,(H,30,32). The molecule has 4 aromatic rings. The van der Waals surface area contributed by atoms with Gasteiger partial charge in [-0.2, -0.15) is 13.2 Å². The van der Waals surface area contributed by atoms with Crippen molar-refractivity contribution in [1.82, 2.24) is 14.9 Å². The maximum Gasteiger partial charge on any atom is 0.416 e. The van der Waals surface area contributed by atoms with Crippen LogP contribution in [0.25, 0.3) is 11.3 Å². The number of ether oxygens (including phenoxy) is 2. The van der Waals surface area contributed by atoms with E-state index in [2.05, 4.69) is 10.3 Å². The molecule has 1 amide bonds. The van der Waals surface area contributed by atoms with Gasteiger partial charge in [-0.25, -0.2) is 4.98 Å². The van der Waals surface area contributed by atoms with Gasteiger partial charge in [0.05, 0.1) is 19.8 Å². The summed E-state index contributed by atoms with van der Waals surface area (Å²) in [7, 11) is 4.83. The van der Waals surface area contributed by atoms with E-state index >= 15 is 0 Å². The lowest BCUT2D eigenvalue weighted by Gasteiger charge is -2.20. The van der Waals surface area contributed by atoms with Gasteiger partial charge in [0.1, 0.15) is 29.1 Å². The Labute approximate surface area is 199 Å². The molecule has 0 aliphatic rings. The van der Waals surface area contributed by atoms with Crippen molar-refractivity contribution in [3.63, 3.8) is 0 Å². The Hall–Kier alpha value is -4.21. The third kappa shape index (κ3) is 5.16. The van der Waals surface area contributed by atoms with Crippen LogP contribution in [0.1, 0.15) is 33.5 Å². The van der Waals surface area contributed by atoms with Gasteiger partial charge in [-0.05, 0) is 42.0 Å². The van der Waals surface area contributed by atoms with Crippen LogP contribution in [0.2, 0.25) is 0 Å². The summed E-state index contributed by atoms with van der Waals surface area (Å²) in [4.78, 5) is 17.5. The highest BCUT2D eigenvalue weighted by atomic mass is 19.4. The Balaban J connectivity index is 1.65. The van der Waals surface area contributed by atoms with Crippen molar-refractivity contribution in [3.05, 3.63) is 89.7 Å². The number of aromatic nitrogens is 2. The van der Waals surface area contributed by atoms with Crippen LogP contribution >= 0.6 is 0 Å². The lowest BCUT2D eigenvalue weighted by atomic mass is 10.0. The summed E-state index contributed by atoms with van der Waals surface area (Å²) in [6.45, 7) is 0. The van der Waals surface area contributed by atoms with E-state index in [1.54, 1.807) is 42.2 Å². The number of hydrogen-bond donors (Lipinski definition) is 1. The average molecular weight is 485 g/mol. The molecule has 0 saturated carbocycles. The van der Waals surface area contributed by atoms with Crippen LogP contribution in [-0.4, -0.2) is 29.7 Å². The number of nitrogens with one attached hydrogen (secondary N) is 1. The zero-order valence-corrected chi connectivity index (χ0v) is 19.1. The predicted octanol–water partition coefficient (Wildman–Crippen LogP) is 5.24. The van der Waals surface area contributed by atoms with Crippen molar-refractivity contribution in [2.24, 2.45) is 7.05 Å². The first kappa shape index (κ1) is 23.9. The first-order valence-corrected chi connectivity index (χ1v) is 10.5. The fourth-order valence-electron chi connectivity index (χ4n) is 3.61. The summed E-state index contributed by atoms with van der Waals surface area (Å²) in [5.41, 5.74) is 0.0461. The van der Waals surface area contributed by atoms with E-state index in [4.69, 9.17) is 13.9 Å². The Morgan fingerprint density at radius 2 is 1.77 bits per heavy atom. The van der Waals surface area contributed by atoms with Crippen molar-refractivity contribution >= 4 is 5.91 Å². The molecular formula is C25H22F3N3O4. The summed E-state index contributed by atoms with van der Waals surface area (Å²) >= 11 is 0. The second kappa shape index (κ2) is 9.57. The zero-order chi connectivity index (χ0) is 25.2. The molecule has 1 unspecified atom stereocenters. The molecule has 1 atom stereocenters. The van der Waals surface area contributed by atoms with Crippen LogP contribution in [0, 0.1) is 0 Å². The van der Waals surface area contributed by atoms with E-state index in [0.29, 0.717) is 22.9 Å². The Kier molecular flexibility index (Phi) is 6.54. The van der Waals surface area contributed by atoms with Gasteiger partial charge in [0.15, 0.2) is 5.76 Å². The number of halogens is 3. The molecule has 2 aromatic carbocycles. The van der Waals surface area contributed by atoms with Gasteiger partial charge in [-0.3, -0.25) is 4.79 Å². The summed E-state index contributed by atoms with van der Waals surface area (Å²) < 4.78 is 57.3. The minimum Gasteiger partial charge on any atom is -0.497 e. The first-order chi connectivity index (χ1) is 16.7. The normalized spacial score (nSPS) is 12.3. The number of benzene rings is 2. The number of furan rings is 1. The van der Waals surface area contributed by atoms with Gasteiger partial charge in [0, 0.05) is 31.1 Å². The Bertz CT molecular complexity index is 1320. The quantitative estimate of drug-likeness (QED) is 0.388. The number of aryl methyl sites for hydroxylation is 1. The molecule has 0 spiro atoms. The average Bonchev–Trinajstić information content (AvgIpc) is 3.51. The summed E-state index contributed by atoms with van der Waals surface area (Å²) in [6, 6.07) is 12.1. The SMILES string of the molecule is COc1cc(OC)cc(C(NC(=O)c2ccc(-c3cccc(C(F)(F)F)c3)o2)c2nccn2C)c1. The fourth-order valence-corrected chi connectivity index (χ4v) is 3.61. The summed E-state index contributed by atoms with van der Waals surface area (Å²) in [5.74, 6) is 1.09. The molecular weight excluding hydrogens is 463 g/mol. The monoisotopic (exact) mass is 485 g/mol. The molecule has 7 nitrogen and oxygen atoms in total. The van der Waals surface area contributed by atoms with E-state index < -0.39 is 23.7 Å². The predicted molar refractivity (Wildman–Crippen MR) is 121 cm³/mol. The second-order valence-corrected chi connectivity index (χ2v) is 7.69. The minimum atomic E-state index is -4.49. The number of alkyl halides is 3. The molecule has 2 heterocycles. The second-order valence-electron chi connectivity index (χ2n) is 7.69. The first-order valence-electron chi connectivity index (χ1n) is 10.5. The fraction of sp³-hybridized carbons (Fsp3) is 0.200. The van der Waals surface area contributed by atoms with Gasteiger partial charge < -0.3 is 23.8 Å². The lowest BCUT2D eigenvalue weighted by Crippen LogP contribution is -2.31. The number of carbonyl (C=O) groups is 1. The number of methoxy groups -OCH3 is 2. The van der Waals surface area contributed by atoms with Gasteiger partial charge >= 0.3 is 6.18 Å². The van der Waals surface area contributed by atoms with E-state index in [0.717, 1.165) is 12.1 Å². The molecule has 0 fully saturated rings. The number of nitrogens with zero attached hydrogens (tertiary/aromatic N) is 2. The summed E-state index contributed by atoms with van der Waals surface area (Å²) in [6.07, 6.45) is -1.15. The van der Waals surface area contributed by atoms with Crippen LogP contribution in [0.5, 0.6) is 11.5 Å². The van der Waals surface area contributed by atoms with Gasteiger partial charge in [-0.1, -0.05) is 12.1 Å². The smallest absolute Gasteiger partial charge is 0.416 e. The number of amides is 1. The molecule has 4 rings (SSSR count). The van der Waals surface area contributed by atoms with Crippen molar-refractivity contribution in [3.8, 4) is 22.8 Å². The highest BCUT2D eigenvalue weighted by molar-refractivity contribution is 5.92.